The first-order chi connectivity index (χ1) is 14.7. The molecule has 0 bridgehead atoms. The van der Waals surface area contributed by atoms with Gasteiger partial charge < -0.3 is 4.90 Å². The molecule has 0 saturated carbocycles. The lowest BCUT2D eigenvalue weighted by molar-refractivity contribution is -0.137. The third kappa shape index (κ3) is 4.46. The van der Waals surface area contributed by atoms with E-state index in [1.165, 1.54) is 41.0 Å². The Morgan fingerprint density at radius 2 is 2.03 bits per heavy atom. The summed E-state index contributed by atoms with van der Waals surface area (Å²) in [6.45, 7) is 1.55. The fraction of sp³-hybridized carbons (Fsp3) is 0.318. The number of aromatic nitrogens is 1. The monoisotopic (exact) mass is 430 g/mol. The molecule has 0 N–H and O–H groups in total. The Balaban J connectivity index is 2.04. The molecule has 3 rings (SSSR count). The number of benzene rings is 1. The summed E-state index contributed by atoms with van der Waals surface area (Å²) in [6, 6.07) is 6.73. The third-order valence-electron chi connectivity index (χ3n) is 5.01. The molecule has 1 aromatic carbocycles. The molecule has 2 heterocycles. The number of rotatable bonds is 4. The standard InChI is InChI=1S/C22H18F4N4O/c1-3-10-29(16-8-6-15(23)7-9-16)21(31)19-5-4-11-30(19)20-17(13-27)18(22(24,25)26)12-14(2)28-20/h1,6-9,12,19H,4-5,10-11H2,2H3. The number of amides is 1. The molecule has 1 fully saturated rings. The molecule has 0 radical (unpaired) electrons. The van der Waals surface area contributed by atoms with Crippen LogP contribution in [-0.4, -0.2) is 30.0 Å². The Labute approximate surface area is 176 Å². The van der Waals surface area contributed by atoms with Crippen molar-refractivity contribution < 1.29 is 22.4 Å². The summed E-state index contributed by atoms with van der Waals surface area (Å²) in [4.78, 5) is 20.2. The molecule has 1 aliphatic rings. The highest BCUT2D eigenvalue weighted by Gasteiger charge is 2.40. The topological polar surface area (TPSA) is 60.2 Å². The molecule has 1 amide bonds. The minimum absolute atomic E-state index is 0.0819. The Hall–Kier alpha value is -3.59. The number of terminal acetylenes is 1. The number of pyridine rings is 1. The first-order valence-corrected chi connectivity index (χ1v) is 9.43. The van der Waals surface area contributed by atoms with Gasteiger partial charge in [-0.05, 0) is 50.1 Å². The second-order valence-electron chi connectivity index (χ2n) is 7.08. The summed E-state index contributed by atoms with van der Waals surface area (Å²) in [5, 5.41) is 9.46. The van der Waals surface area contributed by atoms with Crippen molar-refractivity contribution in [1.29, 1.82) is 5.26 Å². The van der Waals surface area contributed by atoms with Crippen LogP contribution in [0.4, 0.5) is 29.1 Å². The minimum Gasteiger partial charge on any atom is -0.343 e. The van der Waals surface area contributed by atoms with E-state index < -0.39 is 35.1 Å². The van der Waals surface area contributed by atoms with Crippen LogP contribution in [0.2, 0.25) is 0 Å². The van der Waals surface area contributed by atoms with Gasteiger partial charge in [0.2, 0.25) is 0 Å². The smallest absolute Gasteiger partial charge is 0.343 e. The molecule has 5 nitrogen and oxygen atoms in total. The predicted octanol–water partition coefficient (Wildman–Crippen LogP) is 4.05. The van der Waals surface area contributed by atoms with Crippen molar-refractivity contribution in [2.24, 2.45) is 0 Å². The van der Waals surface area contributed by atoms with E-state index in [0.29, 0.717) is 18.5 Å². The molecular weight excluding hydrogens is 412 g/mol. The fourth-order valence-corrected chi connectivity index (χ4v) is 3.66. The molecule has 9 heteroatoms. The summed E-state index contributed by atoms with van der Waals surface area (Å²) >= 11 is 0. The molecule has 2 aromatic rings. The number of hydrogen-bond donors (Lipinski definition) is 0. The zero-order valence-electron chi connectivity index (χ0n) is 16.6. The Kier molecular flexibility index (Phi) is 6.16. The van der Waals surface area contributed by atoms with Crippen LogP contribution in [0.15, 0.2) is 30.3 Å². The maximum atomic E-state index is 13.5. The quantitative estimate of drug-likeness (QED) is 0.542. The summed E-state index contributed by atoms with van der Waals surface area (Å²) < 4.78 is 53.8. The van der Waals surface area contributed by atoms with Crippen LogP contribution in [0.25, 0.3) is 0 Å². The van der Waals surface area contributed by atoms with Crippen molar-refractivity contribution in [3.63, 3.8) is 0 Å². The van der Waals surface area contributed by atoms with Crippen molar-refractivity contribution in [3.05, 3.63) is 53.0 Å². The summed E-state index contributed by atoms with van der Waals surface area (Å²) in [7, 11) is 0. The van der Waals surface area contributed by atoms with Gasteiger partial charge in [-0.2, -0.15) is 18.4 Å². The van der Waals surface area contributed by atoms with Gasteiger partial charge in [0.15, 0.2) is 0 Å². The van der Waals surface area contributed by atoms with Crippen molar-refractivity contribution in [2.75, 3.05) is 22.9 Å². The summed E-state index contributed by atoms with van der Waals surface area (Å²) in [5.41, 5.74) is -1.26. The summed E-state index contributed by atoms with van der Waals surface area (Å²) in [6.07, 6.45) is 1.53. The van der Waals surface area contributed by atoms with Crippen LogP contribution in [0.1, 0.15) is 29.7 Å². The van der Waals surface area contributed by atoms with Crippen LogP contribution in [-0.2, 0) is 11.0 Å². The van der Waals surface area contributed by atoms with Gasteiger partial charge in [0, 0.05) is 17.9 Å². The maximum Gasteiger partial charge on any atom is 0.417 e. The van der Waals surface area contributed by atoms with Gasteiger partial charge in [0.1, 0.15) is 29.3 Å². The van der Waals surface area contributed by atoms with E-state index in [1.807, 2.05) is 0 Å². The van der Waals surface area contributed by atoms with E-state index in [-0.39, 0.29) is 24.6 Å². The fourth-order valence-electron chi connectivity index (χ4n) is 3.66. The van der Waals surface area contributed by atoms with E-state index in [0.717, 1.165) is 6.07 Å². The van der Waals surface area contributed by atoms with Crippen molar-refractivity contribution in [2.45, 2.75) is 32.0 Å². The second-order valence-corrected chi connectivity index (χ2v) is 7.08. The lowest BCUT2D eigenvalue weighted by Gasteiger charge is -2.31. The minimum atomic E-state index is -4.74. The first kappa shape index (κ1) is 22.1. The largest absolute Gasteiger partial charge is 0.417 e. The predicted molar refractivity (Wildman–Crippen MR) is 107 cm³/mol. The molecule has 0 aliphatic carbocycles. The molecule has 1 saturated heterocycles. The molecule has 1 unspecified atom stereocenters. The van der Waals surface area contributed by atoms with Gasteiger partial charge in [0.25, 0.3) is 5.91 Å². The lowest BCUT2D eigenvalue weighted by atomic mass is 10.1. The molecule has 1 aliphatic heterocycles. The number of carbonyl (C=O) groups excluding carboxylic acids is 1. The lowest BCUT2D eigenvalue weighted by Crippen LogP contribution is -2.47. The average Bonchev–Trinajstić information content (AvgIpc) is 3.21. The molecule has 0 spiro atoms. The number of halogens is 4. The van der Waals surface area contributed by atoms with Gasteiger partial charge in [-0.3, -0.25) is 9.69 Å². The van der Waals surface area contributed by atoms with Crippen molar-refractivity contribution in [3.8, 4) is 18.4 Å². The van der Waals surface area contributed by atoms with Gasteiger partial charge in [0.05, 0.1) is 12.1 Å². The molecule has 1 aromatic heterocycles. The van der Waals surface area contributed by atoms with Crippen LogP contribution < -0.4 is 9.80 Å². The number of nitriles is 1. The molecule has 31 heavy (non-hydrogen) atoms. The third-order valence-corrected chi connectivity index (χ3v) is 5.01. The zero-order chi connectivity index (χ0) is 22.8. The highest BCUT2D eigenvalue weighted by molar-refractivity contribution is 5.99. The second kappa shape index (κ2) is 8.65. The number of anilines is 2. The van der Waals surface area contributed by atoms with Gasteiger partial charge >= 0.3 is 6.18 Å². The summed E-state index contributed by atoms with van der Waals surface area (Å²) in [5.74, 6) is 1.26. The highest BCUT2D eigenvalue weighted by Crippen LogP contribution is 2.38. The van der Waals surface area contributed by atoms with Crippen LogP contribution in [0.3, 0.4) is 0 Å². The van der Waals surface area contributed by atoms with Crippen LogP contribution in [0, 0.1) is 36.4 Å². The Bertz CT molecular complexity index is 1070. The number of hydrogen-bond acceptors (Lipinski definition) is 4. The average molecular weight is 430 g/mol. The van der Waals surface area contributed by atoms with E-state index in [9.17, 15) is 27.6 Å². The van der Waals surface area contributed by atoms with Gasteiger partial charge in [-0.15, -0.1) is 6.42 Å². The number of nitrogens with zero attached hydrogens (tertiary/aromatic N) is 4. The van der Waals surface area contributed by atoms with Crippen molar-refractivity contribution >= 4 is 17.4 Å². The molecule has 1 atom stereocenters. The number of alkyl halides is 3. The normalized spacial score (nSPS) is 16.0. The van der Waals surface area contributed by atoms with Crippen LogP contribution >= 0.6 is 0 Å². The molecule has 160 valence electrons. The van der Waals surface area contributed by atoms with Crippen molar-refractivity contribution in [1.82, 2.24) is 4.98 Å². The highest BCUT2D eigenvalue weighted by atomic mass is 19.4. The zero-order valence-corrected chi connectivity index (χ0v) is 16.6. The van der Waals surface area contributed by atoms with E-state index >= 15 is 0 Å². The Morgan fingerprint density at radius 3 is 2.61 bits per heavy atom. The van der Waals surface area contributed by atoms with Gasteiger partial charge in [-0.1, -0.05) is 5.92 Å². The van der Waals surface area contributed by atoms with E-state index in [2.05, 4.69) is 10.9 Å². The molecular formula is C22H18F4N4O. The maximum absolute atomic E-state index is 13.5. The Morgan fingerprint density at radius 1 is 1.35 bits per heavy atom. The SMILES string of the molecule is C#CCN(C(=O)C1CCCN1c1nc(C)cc(C(F)(F)F)c1C#N)c1ccc(F)cc1. The number of aryl methyl sites for hydroxylation is 1. The van der Waals surface area contributed by atoms with E-state index in [1.54, 1.807) is 6.07 Å². The first-order valence-electron chi connectivity index (χ1n) is 9.43. The van der Waals surface area contributed by atoms with Gasteiger partial charge in [-0.25, -0.2) is 9.37 Å². The van der Waals surface area contributed by atoms with Crippen LogP contribution in [0.5, 0.6) is 0 Å². The van der Waals surface area contributed by atoms with E-state index in [4.69, 9.17) is 6.42 Å². The number of carbonyl (C=O) groups is 1.